The maximum atomic E-state index is 11.2. The van der Waals surface area contributed by atoms with Crippen molar-refractivity contribution in [2.75, 3.05) is 0 Å². The lowest BCUT2D eigenvalue weighted by atomic mass is 10.1. The number of aryl methyl sites for hydroxylation is 2. The molecule has 0 saturated heterocycles. The number of aromatic nitrogens is 1. The number of aromatic amines is 1. The van der Waals surface area contributed by atoms with Crippen molar-refractivity contribution >= 4 is 54.2 Å². The molecule has 0 bridgehead atoms. The van der Waals surface area contributed by atoms with E-state index in [0.717, 1.165) is 31.0 Å². The molecule has 3 nitrogen and oxygen atoms in total. The van der Waals surface area contributed by atoms with Crippen molar-refractivity contribution in [1.29, 1.82) is 0 Å². The fourth-order valence-corrected chi connectivity index (χ4v) is 4.00. The molecule has 0 amide bonds. The summed E-state index contributed by atoms with van der Waals surface area (Å²) in [6.07, 6.45) is 0. The number of nitrogens with one attached hydrogen (secondary N) is 1. The number of rotatable bonds is 1. The minimum absolute atomic E-state index is 0.273. The van der Waals surface area contributed by atoms with Gasteiger partial charge in [-0.25, -0.2) is 4.79 Å². The minimum Gasteiger partial charge on any atom is -0.477 e. The van der Waals surface area contributed by atoms with Gasteiger partial charge in [-0.05, 0) is 52.4 Å². The van der Waals surface area contributed by atoms with E-state index in [2.05, 4.69) is 26.3 Å². The normalized spacial score (nSPS) is 11.5. The van der Waals surface area contributed by atoms with Gasteiger partial charge in [-0.1, -0.05) is 0 Å². The molecule has 0 fully saturated rings. The Labute approximate surface area is 116 Å². The lowest BCUT2D eigenvalue weighted by molar-refractivity contribution is 0.0691. The van der Waals surface area contributed by atoms with Gasteiger partial charge in [0.15, 0.2) is 0 Å². The van der Waals surface area contributed by atoms with Gasteiger partial charge >= 0.3 is 5.97 Å². The van der Waals surface area contributed by atoms with Crippen LogP contribution in [0.5, 0.6) is 0 Å². The van der Waals surface area contributed by atoms with Gasteiger partial charge in [-0.15, -0.1) is 11.3 Å². The first-order chi connectivity index (χ1) is 8.50. The van der Waals surface area contributed by atoms with Crippen molar-refractivity contribution < 1.29 is 9.90 Å². The van der Waals surface area contributed by atoms with Crippen LogP contribution in [-0.4, -0.2) is 16.1 Å². The second-order valence-electron chi connectivity index (χ2n) is 4.33. The molecule has 0 aliphatic rings. The molecule has 0 saturated carbocycles. The Balaban J connectivity index is 2.59. The molecule has 0 aliphatic heterocycles. The molecule has 0 atom stereocenters. The average molecular weight is 324 g/mol. The summed E-state index contributed by atoms with van der Waals surface area (Å²) in [5.74, 6) is -0.916. The van der Waals surface area contributed by atoms with E-state index in [1.54, 1.807) is 11.3 Å². The van der Waals surface area contributed by atoms with Crippen molar-refractivity contribution in [1.82, 2.24) is 4.98 Å². The van der Waals surface area contributed by atoms with Gasteiger partial charge in [0, 0.05) is 15.2 Å². The largest absolute Gasteiger partial charge is 0.477 e. The van der Waals surface area contributed by atoms with Crippen LogP contribution in [0.15, 0.2) is 15.9 Å². The van der Waals surface area contributed by atoms with Crippen LogP contribution >= 0.6 is 27.3 Å². The van der Waals surface area contributed by atoms with Crippen LogP contribution in [-0.2, 0) is 0 Å². The first kappa shape index (κ1) is 11.7. The van der Waals surface area contributed by atoms with Gasteiger partial charge in [0.2, 0.25) is 0 Å². The van der Waals surface area contributed by atoms with Crippen molar-refractivity contribution in [3.05, 3.63) is 32.7 Å². The SMILES string of the molecule is Cc1c(C(=O)O)[nH]c2c1cc(Br)c1scc(C)c12. The summed E-state index contributed by atoms with van der Waals surface area (Å²) in [4.78, 5) is 14.2. The lowest BCUT2D eigenvalue weighted by Crippen LogP contribution is -1.98. The number of H-pyrrole nitrogens is 1. The summed E-state index contributed by atoms with van der Waals surface area (Å²) < 4.78 is 2.17. The maximum Gasteiger partial charge on any atom is 0.352 e. The molecule has 3 rings (SSSR count). The zero-order chi connectivity index (χ0) is 13.0. The highest BCUT2D eigenvalue weighted by Crippen LogP contribution is 2.39. The summed E-state index contributed by atoms with van der Waals surface area (Å²) in [5, 5.41) is 13.4. The van der Waals surface area contributed by atoms with E-state index in [1.165, 1.54) is 5.56 Å². The second kappa shape index (κ2) is 3.83. The molecule has 0 spiro atoms. The molecular formula is C13H10BrNO2S. The van der Waals surface area contributed by atoms with Crippen LogP contribution in [0.1, 0.15) is 21.6 Å². The van der Waals surface area contributed by atoms with Crippen LogP contribution in [0.2, 0.25) is 0 Å². The van der Waals surface area contributed by atoms with E-state index in [9.17, 15) is 9.90 Å². The third kappa shape index (κ3) is 1.44. The third-order valence-electron chi connectivity index (χ3n) is 3.23. The van der Waals surface area contributed by atoms with Gasteiger partial charge in [-0.3, -0.25) is 0 Å². The van der Waals surface area contributed by atoms with Gasteiger partial charge in [0.25, 0.3) is 0 Å². The van der Waals surface area contributed by atoms with Gasteiger partial charge in [-0.2, -0.15) is 0 Å². The number of benzene rings is 1. The standard InChI is InChI=1S/C13H10BrNO2S/c1-5-4-18-12-8(14)3-7-6(2)10(13(16)17)15-11(7)9(5)12/h3-4,15H,1-2H3,(H,16,17). The number of halogens is 1. The Hall–Kier alpha value is -1.33. The highest BCUT2D eigenvalue weighted by Gasteiger charge is 2.18. The molecule has 0 aliphatic carbocycles. The summed E-state index contributed by atoms with van der Waals surface area (Å²) in [7, 11) is 0. The Kier molecular flexibility index (Phi) is 2.50. The zero-order valence-corrected chi connectivity index (χ0v) is 12.2. The highest BCUT2D eigenvalue weighted by atomic mass is 79.9. The van der Waals surface area contributed by atoms with Crippen LogP contribution in [0.25, 0.3) is 21.0 Å². The second-order valence-corrected chi connectivity index (χ2v) is 6.07. The van der Waals surface area contributed by atoms with Crippen molar-refractivity contribution in [2.24, 2.45) is 0 Å². The quantitative estimate of drug-likeness (QED) is 0.694. The molecule has 2 N–H and O–H groups in total. The number of carbonyl (C=O) groups is 1. The minimum atomic E-state index is -0.916. The molecule has 1 aromatic carbocycles. The van der Waals surface area contributed by atoms with Crippen molar-refractivity contribution in [2.45, 2.75) is 13.8 Å². The topological polar surface area (TPSA) is 53.1 Å². The maximum absolute atomic E-state index is 11.2. The molecule has 92 valence electrons. The molecule has 5 heteroatoms. The summed E-state index contributed by atoms with van der Waals surface area (Å²) in [6, 6.07) is 1.99. The van der Waals surface area contributed by atoms with E-state index in [4.69, 9.17) is 0 Å². The Morgan fingerprint density at radius 1 is 1.44 bits per heavy atom. The number of carboxylic acids is 1. The Bertz CT molecular complexity index is 800. The van der Waals surface area contributed by atoms with Gasteiger partial charge in [0.05, 0.1) is 10.2 Å². The first-order valence-corrected chi connectivity index (χ1v) is 7.10. The number of thiophene rings is 1. The molecule has 18 heavy (non-hydrogen) atoms. The smallest absolute Gasteiger partial charge is 0.352 e. The lowest BCUT2D eigenvalue weighted by Gasteiger charge is -1.99. The van der Waals surface area contributed by atoms with Crippen LogP contribution < -0.4 is 0 Å². The zero-order valence-electron chi connectivity index (χ0n) is 9.80. The van der Waals surface area contributed by atoms with E-state index in [0.29, 0.717) is 0 Å². The van der Waals surface area contributed by atoms with Crippen LogP contribution in [0.4, 0.5) is 0 Å². The van der Waals surface area contributed by atoms with Crippen LogP contribution in [0, 0.1) is 13.8 Å². The summed E-state index contributed by atoms with van der Waals surface area (Å²) in [5.41, 5.74) is 3.14. The number of fused-ring (bicyclic) bond motifs is 3. The molecule has 2 aromatic heterocycles. The van der Waals surface area contributed by atoms with Gasteiger partial charge in [0.1, 0.15) is 5.69 Å². The fourth-order valence-electron chi connectivity index (χ4n) is 2.32. The van der Waals surface area contributed by atoms with E-state index in [-0.39, 0.29) is 5.69 Å². The number of hydrogen-bond donors (Lipinski definition) is 2. The molecular weight excluding hydrogens is 314 g/mol. The van der Waals surface area contributed by atoms with Crippen molar-refractivity contribution in [3.63, 3.8) is 0 Å². The summed E-state index contributed by atoms with van der Waals surface area (Å²) in [6.45, 7) is 3.88. The van der Waals surface area contributed by atoms with E-state index >= 15 is 0 Å². The van der Waals surface area contributed by atoms with Crippen LogP contribution in [0.3, 0.4) is 0 Å². The Morgan fingerprint density at radius 2 is 2.17 bits per heavy atom. The molecule has 0 unspecified atom stereocenters. The highest BCUT2D eigenvalue weighted by molar-refractivity contribution is 9.10. The number of aromatic carboxylic acids is 1. The number of carboxylic acid groups (broad SMARTS) is 1. The Morgan fingerprint density at radius 3 is 2.83 bits per heavy atom. The molecule has 2 heterocycles. The fraction of sp³-hybridized carbons (Fsp3) is 0.154. The van der Waals surface area contributed by atoms with E-state index < -0.39 is 5.97 Å². The predicted octanol–water partition coefficient (Wildman–Crippen LogP) is 4.46. The van der Waals surface area contributed by atoms with Gasteiger partial charge < -0.3 is 10.1 Å². The van der Waals surface area contributed by atoms with E-state index in [1.807, 2.05) is 19.9 Å². The summed E-state index contributed by atoms with van der Waals surface area (Å²) >= 11 is 5.23. The number of hydrogen-bond acceptors (Lipinski definition) is 2. The first-order valence-electron chi connectivity index (χ1n) is 5.42. The van der Waals surface area contributed by atoms with Crippen molar-refractivity contribution in [3.8, 4) is 0 Å². The predicted molar refractivity (Wildman–Crippen MR) is 77.8 cm³/mol. The average Bonchev–Trinajstić information content (AvgIpc) is 2.83. The molecule has 0 radical (unpaired) electrons. The monoisotopic (exact) mass is 323 g/mol. The third-order valence-corrected chi connectivity index (χ3v) is 5.24. The molecule has 3 aromatic rings.